The van der Waals surface area contributed by atoms with Crippen LogP contribution in [0.4, 0.5) is 0 Å². The van der Waals surface area contributed by atoms with Crippen LogP contribution < -0.4 is 0 Å². The molecule has 0 aliphatic rings. The molecule has 0 fully saturated rings. The molecule has 4 heterocycles. The minimum absolute atomic E-state index is 0.819. The predicted octanol–water partition coefficient (Wildman–Crippen LogP) is 11.5. The Morgan fingerprint density at radius 1 is 0.353 bits per heavy atom. The van der Waals surface area contributed by atoms with Gasteiger partial charge in [0.15, 0.2) is 0 Å². The third-order valence-corrected chi connectivity index (χ3v) is 10.8. The van der Waals surface area contributed by atoms with Crippen LogP contribution in [0.25, 0.3) is 104 Å². The van der Waals surface area contributed by atoms with Gasteiger partial charge in [-0.3, -0.25) is 8.97 Å². The summed E-state index contributed by atoms with van der Waals surface area (Å²) >= 11 is 0. The lowest BCUT2D eigenvalue weighted by Crippen LogP contribution is -2.06. The average Bonchev–Trinajstić information content (AvgIpc) is 3.86. The summed E-state index contributed by atoms with van der Waals surface area (Å²) < 4.78 is 7.01. The molecule has 0 saturated heterocycles. The Bertz CT molecular complexity index is 3340. The van der Waals surface area contributed by atoms with Crippen molar-refractivity contribution in [2.75, 3.05) is 0 Å². The number of nitrogens with zero attached hydrogens (tertiary/aromatic N) is 5. The first-order chi connectivity index (χ1) is 25.3. The fraction of sp³-hybridized carbons (Fsp3) is 0. The molecule has 236 valence electrons. The first kappa shape index (κ1) is 26.9. The van der Waals surface area contributed by atoms with Crippen LogP contribution >= 0.6 is 0 Å². The lowest BCUT2D eigenvalue weighted by atomic mass is 10.00. The second-order valence-electron chi connectivity index (χ2n) is 13.4. The molecule has 5 heteroatoms. The Kier molecular flexibility index (Phi) is 5.17. The molecule has 0 aliphatic carbocycles. The van der Waals surface area contributed by atoms with Crippen molar-refractivity contribution in [3.8, 4) is 11.6 Å². The Morgan fingerprint density at radius 3 is 1.65 bits per heavy atom. The van der Waals surface area contributed by atoms with Gasteiger partial charge < -0.3 is 4.57 Å². The van der Waals surface area contributed by atoms with Crippen molar-refractivity contribution < 1.29 is 0 Å². The Hall–Kier alpha value is -6.98. The molecule has 4 aromatic heterocycles. The summed E-state index contributed by atoms with van der Waals surface area (Å²) in [7, 11) is 0. The summed E-state index contributed by atoms with van der Waals surface area (Å²) in [6.07, 6.45) is 0. The van der Waals surface area contributed by atoms with Crippen LogP contribution in [-0.2, 0) is 0 Å². The summed E-state index contributed by atoms with van der Waals surface area (Å²) in [6, 6.07) is 58.8. The van der Waals surface area contributed by atoms with E-state index in [0.29, 0.717) is 0 Å². The van der Waals surface area contributed by atoms with Gasteiger partial charge in [0.25, 0.3) is 0 Å². The van der Waals surface area contributed by atoms with E-state index >= 15 is 0 Å². The summed E-state index contributed by atoms with van der Waals surface area (Å²) in [5, 5.41) is 11.0. The molecular weight excluding hydrogens is 623 g/mol. The number of aromatic nitrogens is 5. The monoisotopic (exact) mass is 649 g/mol. The second kappa shape index (κ2) is 9.80. The Morgan fingerprint density at radius 2 is 0.922 bits per heavy atom. The zero-order valence-electron chi connectivity index (χ0n) is 27.3. The van der Waals surface area contributed by atoms with Gasteiger partial charge in [0, 0.05) is 32.6 Å². The van der Waals surface area contributed by atoms with E-state index in [-0.39, 0.29) is 0 Å². The van der Waals surface area contributed by atoms with Crippen LogP contribution in [0.1, 0.15) is 0 Å². The Labute approximate surface area is 290 Å². The molecule has 12 aromatic rings. The molecular formula is C46H27N5. The SMILES string of the molecule is c1ccc2c(c1)ccc1c2c2c3ccccc3ccc2n1-c1ccc2c3ccccc3n(-c3nc4ccccc4c4nc5ccccc5n34)c2c1. The molecule has 0 aliphatic heterocycles. The number of benzene rings is 8. The number of para-hydroxylation sites is 4. The fourth-order valence-electron chi connectivity index (χ4n) is 8.62. The van der Waals surface area contributed by atoms with Gasteiger partial charge in [-0.05, 0) is 76.1 Å². The highest BCUT2D eigenvalue weighted by Gasteiger charge is 2.22. The van der Waals surface area contributed by atoms with Gasteiger partial charge in [0.05, 0.1) is 38.6 Å². The zero-order chi connectivity index (χ0) is 33.2. The highest BCUT2D eigenvalue weighted by atomic mass is 15.2. The van der Waals surface area contributed by atoms with Gasteiger partial charge in [-0.2, -0.15) is 0 Å². The van der Waals surface area contributed by atoms with Crippen molar-refractivity contribution in [2.24, 2.45) is 0 Å². The van der Waals surface area contributed by atoms with Crippen molar-refractivity contribution in [3.05, 3.63) is 164 Å². The smallest absolute Gasteiger partial charge is 0.221 e. The van der Waals surface area contributed by atoms with E-state index in [2.05, 4.69) is 177 Å². The van der Waals surface area contributed by atoms with Gasteiger partial charge in [-0.1, -0.05) is 109 Å². The van der Waals surface area contributed by atoms with E-state index in [4.69, 9.17) is 9.97 Å². The first-order valence-electron chi connectivity index (χ1n) is 17.4. The second-order valence-corrected chi connectivity index (χ2v) is 13.4. The fourth-order valence-corrected chi connectivity index (χ4v) is 8.62. The number of imidazole rings is 1. The lowest BCUT2D eigenvalue weighted by molar-refractivity contribution is 0.978. The predicted molar refractivity (Wildman–Crippen MR) is 212 cm³/mol. The summed E-state index contributed by atoms with van der Waals surface area (Å²) in [6.45, 7) is 0. The summed E-state index contributed by atoms with van der Waals surface area (Å²) in [5.41, 5.74) is 9.47. The molecule has 0 radical (unpaired) electrons. The van der Waals surface area contributed by atoms with E-state index in [0.717, 1.165) is 50.3 Å². The number of hydrogen-bond acceptors (Lipinski definition) is 2. The molecule has 8 aromatic carbocycles. The van der Waals surface area contributed by atoms with Crippen LogP contribution in [0, 0.1) is 0 Å². The van der Waals surface area contributed by atoms with Gasteiger partial charge in [0.2, 0.25) is 5.95 Å². The highest BCUT2D eigenvalue weighted by molar-refractivity contribution is 6.28. The van der Waals surface area contributed by atoms with Crippen LogP contribution in [0.5, 0.6) is 0 Å². The van der Waals surface area contributed by atoms with Gasteiger partial charge >= 0.3 is 0 Å². The third kappa shape index (κ3) is 3.54. The molecule has 0 bridgehead atoms. The van der Waals surface area contributed by atoms with Crippen molar-refractivity contribution in [1.29, 1.82) is 0 Å². The first-order valence-corrected chi connectivity index (χ1v) is 17.4. The van der Waals surface area contributed by atoms with E-state index in [1.165, 1.54) is 54.1 Å². The molecule has 0 saturated carbocycles. The van der Waals surface area contributed by atoms with Crippen molar-refractivity contribution in [3.63, 3.8) is 0 Å². The average molecular weight is 650 g/mol. The standard InChI is InChI=1S/C46H27N5/c1-3-13-31-28(11-1)21-25-40-43(31)44-32-14-4-2-12-29(32)22-26-41(44)49(40)30-23-24-34-33-15-6-9-19-38(33)50(42(34)27-30)46-48-36-17-7-5-16-35(36)45-47-37-18-8-10-20-39(37)51(45)46/h1-27H. The molecule has 0 atom stereocenters. The van der Waals surface area contributed by atoms with Crippen molar-refractivity contribution in [2.45, 2.75) is 0 Å². The maximum absolute atomic E-state index is 5.41. The van der Waals surface area contributed by atoms with Crippen molar-refractivity contribution in [1.82, 2.24) is 23.5 Å². The third-order valence-electron chi connectivity index (χ3n) is 10.8. The van der Waals surface area contributed by atoms with Gasteiger partial charge in [-0.25, -0.2) is 9.97 Å². The Balaban J connectivity index is 1.25. The summed E-state index contributed by atoms with van der Waals surface area (Å²) in [4.78, 5) is 10.6. The summed E-state index contributed by atoms with van der Waals surface area (Å²) in [5.74, 6) is 0.819. The maximum atomic E-state index is 5.41. The lowest BCUT2D eigenvalue weighted by Gasteiger charge is -2.14. The largest absolute Gasteiger partial charge is 0.309 e. The molecule has 0 amide bonds. The van der Waals surface area contributed by atoms with Gasteiger partial charge in [-0.15, -0.1) is 0 Å². The van der Waals surface area contributed by atoms with E-state index < -0.39 is 0 Å². The van der Waals surface area contributed by atoms with E-state index in [9.17, 15) is 0 Å². The van der Waals surface area contributed by atoms with Crippen LogP contribution in [0.2, 0.25) is 0 Å². The van der Waals surface area contributed by atoms with E-state index in [1.807, 2.05) is 0 Å². The van der Waals surface area contributed by atoms with Crippen LogP contribution in [0.15, 0.2) is 164 Å². The van der Waals surface area contributed by atoms with Crippen LogP contribution in [0.3, 0.4) is 0 Å². The minimum atomic E-state index is 0.819. The maximum Gasteiger partial charge on any atom is 0.221 e. The topological polar surface area (TPSA) is 40.0 Å². The number of fused-ring (bicyclic) bond motifs is 15. The molecule has 12 rings (SSSR count). The minimum Gasteiger partial charge on any atom is -0.309 e. The highest BCUT2D eigenvalue weighted by Crippen LogP contribution is 2.42. The zero-order valence-corrected chi connectivity index (χ0v) is 27.3. The molecule has 51 heavy (non-hydrogen) atoms. The van der Waals surface area contributed by atoms with Crippen molar-refractivity contribution >= 4 is 92.7 Å². The quantitative estimate of drug-likeness (QED) is 0.187. The van der Waals surface area contributed by atoms with Gasteiger partial charge in [0.1, 0.15) is 5.65 Å². The molecule has 0 spiro atoms. The molecule has 0 unspecified atom stereocenters. The number of hydrogen-bond donors (Lipinski definition) is 0. The number of rotatable bonds is 2. The van der Waals surface area contributed by atoms with E-state index in [1.54, 1.807) is 0 Å². The molecule has 0 N–H and O–H groups in total. The molecule has 5 nitrogen and oxygen atoms in total. The normalized spacial score (nSPS) is 12.3. The van der Waals surface area contributed by atoms with Crippen LogP contribution in [-0.4, -0.2) is 23.5 Å².